The molecule has 5 nitrogen and oxygen atoms in total. The van der Waals surface area contributed by atoms with E-state index in [1.807, 2.05) is 6.92 Å². The number of aromatic nitrogens is 1. The summed E-state index contributed by atoms with van der Waals surface area (Å²) in [5.74, 6) is -0.111. The molecule has 8 heteroatoms. The van der Waals surface area contributed by atoms with E-state index in [1.54, 1.807) is 4.90 Å². The smallest absolute Gasteiger partial charge is 0.378 e. The van der Waals surface area contributed by atoms with E-state index >= 15 is 0 Å². The Bertz CT molecular complexity index is 531. The molecule has 1 saturated heterocycles. The molecule has 1 unspecified atom stereocenters. The van der Waals surface area contributed by atoms with Crippen LogP contribution in [0.5, 0.6) is 0 Å². The van der Waals surface area contributed by atoms with E-state index in [0.29, 0.717) is 32.7 Å². The zero-order chi connectivity index (χ0) is 16.9. The summed E-state index contributed by atoms with van der Waals surface area (Å²) in [6.45, 7) is 3.70. The Balaban J connectivity index is 2.02. The summed E-state index contributed by atoms with van der Waals surface area (Å²) in [6.07, 6.45) is -2.65. The monoisotopic (exact) mass is 331 g/mol. The molecule has 0 bridgehead atoms. The molecule has 1 aromatic rings. The topological polar surface area (TPSA) is 54.5 Å². The molecule has 128 valence electrons. The molecule has 1 atom stereocenters. The van der Waals surface area contributed by atoms with Gasteiger partial charge in [0.05, 0.1) is 30.5 Å². The van der Waals surface area contributed by atoms with Crippen LogP contribution in [0.25, 0.3) is 0 Å². The lowest BCUT2D eigenvalue weighted by molar-refractivity contribution is -0.138. The molecule has 0 aromatic carbocycles. The van der Waals surface area contributed by atoms with Crippen molar-refractivity contribution >= 4 is 5.91 Å². The third kappa shape index (κ3) is 4.65. The predicted octanol–water partition coefficient (Wildman–Crippen LogP) is 1.83. The highest BCUT2D eigenvalue weighted by Crippen LogP contribution is 2.30. The molecule has 2 rings (SSSR count). The van der Waals surface area contributed by atoms with Crippen molar-refractivity contribution in [1.29, 1.82) is 0 Å². The molecule has 1 N–H and O–H groups in total. The van der Waals surface area contributed by atoms with Crippen LogP contribution in [0.3, 0.4) is 0 Å². The van der Waals surface area contributed by atoms with Crippen LogP contribution in [-0.4, -0.2) is 48.1 Å². The Labute approximate surface area is 132 Å². The summed E-state index contributed by atoms with van der Waals surface area (Å²) >= 11 is 0. The average molecular weight is 331 g/mol. The second-order valence-corrected chi connectivity index (χ2v) is 5.27. The highest BCUT2D eigenvalue weighted by atomic mass is 19.4. The fraction of sp³-hybridized carbons (Fsp3) is 0.600. The summed E-state index contributed by atoms with van der Waals surface area (Å²) in [7, 11) is 0. The molecule has 2 heterocycles. The maximum absolute atomic E-state index is 12.9. The van der Waals surface area contributed by atoms with Crippen molar-refractivity contribution in [2.24, 2.45) is 0 Å². The Morgan fingerprint density at radius 3 is 2.74 bits per heavy atom. The highest BCUT2D eigenvalue weighted by Gasteiger charge is 2.34. The Morgan fingerprint density at radius 2 is 2.13 bits per heavy atom. The van der Waals surface area contributed by atoms with Crippen LogP contribution in [0, 0.1) is 0 Å². The van der Waals surface area contributed by atoms with E-state index in [0.717, 1.165) is 6.07 Å². The number of pyridine rings is 1. The average Bonchev–Trinajstić information content (AvgIpc) is 2.55. The molecule has 0 saturated carbocycles. The molecule has 1 amide bonds. The van der Waals surface area contributed by atoms with Gasteiger partial charge in [0.1, 0.15) is 0 Å². The van der Waals surface area contributed by atoms with Gasteiger partial charge in [-0.1, -0.05) is 6.92 Å². The van der Waals surface area contributed by atoms with E-state index in [2.05, 4.69) is 10.3 Å². The van der Waals surface area contributed by atoms with E-state index in [9.17, 15) is 18.0 Å². The largest absolute Gasteiger partial charge is 0.418 e. The van der Waals surface area contributed by atoms with Crippen LogP contribution in [0.15, 0.2) is 18.3 Å². The maximum Gasteiger partial charge on any atom is 0.418 e. The zero-order valence-corrected chi connectivity index (χ0v) is 12.9. The van der Waals surface area contributed by atoms with Crippen molar-refractivity contribution in [1.82, 2.24) is 15.2 Å². The first-order valence-corrected chi connectivity index (χ1v) is 7.54. The molecule has 0 spiro atoms. The summed E-state index contributed by atoms with van der Waals surface area (Å²) in [5.41, 5.74) is -0.880. The van der Waals surface area contributed by atoms with E-state index < -0.39 is 17.8 Å². The number of ether oxygens (including phenoxy) is 1. The third-order valence-corrected chi connectivity index (χ3v) is 3.74. The molecule has 1 fully saturated rings. The van der Waals surface area contributed by atoms with Gasteiger partial charge in [0.25, 0.3) is 0 Å². The van der Waals surface area contributed by atoms with Crippen molar-refractivity contribution in [3.05, 3.63) is 29.6 Å². The number of carbonyl (C=O) groups is 1. The lowest BCUT2D eigenvalue weighted by Crippen LogP contribution is -2.50. The van der Waals surface area contributed by atoms with Gasteiger partial charge in [-0.3, -0.25) is 9.78 Å². The lowest BCUT2D eigenvalue weighted by atomic mass is 10.1. The minimum absolute atomic E-state index is 0.103. The van der Waals surface area contributed by atoms with E-state index in [1.165, 1.54) is 12.3 Å². The second-order valence-electron chi connectivity index (χ2n) is 5.27. The Hall–Kier alpha value is -1.67. The first-order valence-electron chi connectivity index (χ1n) is 7.54. The van der Waals surface area contributed by atoms with E-state index in [4.69, 9.17) is 4.74 Å². The molecule has 1 aliphatic heterocycles. The number of amides is 1. The standard InChI is InChI=1S/C15H20F3N3O2/c1-2-12(14(22)21-6-8-23-9-7-21)20-10-13-11(15(16,17)18)4-3-5-19-13/h3-5,12,20H,2,6-10H2,1H3. The molecular weight excluding hydrogens is 311 g/mol. The van der Waals surface area contributed by atoms with Gasteiger partial charge >= 0.3 is 6.18 Å². The van der Waals surface area contributed by atoms with Crippen molar-refractivity contribution in [3.8, 4) is 0 Å². The molecule has 0 radical (unpaired) electrons. The van der Waals surface area contributed by atoms with Gasteiger partial charge in [-0.2, -0.15) is 13.2 Å². The van der Waals surface area contributed by atoms with Crippen LogP contribution in [-0.2, 0) is 22.3 Å². The van der Waals surface area contributed by atoms with Crippen molar-refractivity contribution in [2.75, 3.05) is 26.3 Å². The first-order chi connectivity index (χ1) is 10.9. The highest BCUT2D eigenvalue weighted by molar-refractivity contribution is 5.81. The lowest BCUT2D eigenvalue weighted by Gasteiger charge is -2.30. The first kappa shape index (κ1) is 17.7. The third-order valence-electron chi connectivity index (χ3n) is 3.74. The summed E-state index contributed by atoms with van der Waals surface area (Å²) in [6, 6.07) is 1.72. The fourth-order valence-electron chi connectivity index (χ4n) is 2.47. The molecule has 23 heavy (non-hydrogen) atoms. The number of nitrogens with zero attached hydrogens (tertiary/aromatic N) is 2. The molecule has 1 aromatic heterocycles. The number of alkyl halides is 3. The van der Waals surface area contributed by atoms with Crippen LogP contribution in [0.1, 0.15) is 24.6 Å². The SMILES string of the molecule is CCC(NCc1ncccc1C(F)(F)F)C(=O)N1CCOCC1. The van der Waals surface area contributed by atoms with Gasteiger partial charge in [0.15, 0.2) is 0 Å². The van der Waals surface area contributed by atoms with Gasteiger partial charge in [-0.05, 0) is 18.6 Å². The van der Waals surface area contributed by atoms with Crippen molar-refractivity contribution in [2.45, 2.75) is 32.1 Å². The summed E-state index contributed by atoms with van der Waals surface area (Å²) in [4.78, 5) is 17.9. The van der Waals surface area contributed by atoms with Gasteiger partial charge < -0.3 is 15.0 Å². The normalized spacial score (nSPS) is 17.1. The minimum atomic E-state index is -4.46. The maximum atomic E-state index is 12.9. The number of morpholine rings is 1. The minimum Gasteiger partial charge on any atom is -0.378 e. The van der Waals surface area contributed by atoms with Crippen LogP contribution in [0.4, 0.5) is 13.2 Å². The number of hydrogen-bond donors (Lipinski definition) is 1. The number of halogens is 3. The Kier molecular flexibility index (Phi) is 5.95. The fourth-order valence-corrected chi connectivity index (χ4v) is 2.47. The molecule has 1 aliphatic rings. The van der Waals surface area contributed by atoms with Gasteiger partial charge in [0.2, 0.25) is 5.91 Å². The van der Waals surface area contributed by atoms with Gasteiger partial charge in [-0.15, -0.1) is 0 Å². The molecule has 0 aliphatic carbocycles. The zero-order valence-electron chi connectivity index (χ0n) is 12.9. The van der Waals surface area contributed by atoms with Crippen LogP contribution >= 0.6 is 0 Å². The van der Waals surface area contributed by atoms with Crippen molar-refractivity contribution in [3.63, 3.8) is 0 Å². The predicted molar refractivity (Wildman–Crippen MR) is 77.6 cm³/mol. The van der Waals surface area contributed by atoms with Gasteiger partial charge in [0, 0.05) is 25.8 Å². The number of hydrogen-bond acceptors (Lipinski definition) is 4. The number of rotatable bonds is 5. The number of carbonyl (C=O) groups excluding carboxylic acids is 1. The molecular formula is C15H20F3N3O2. The Morgan fingerprint density at radius 1 is 1.43 bits per heavy atom. The van der Waals surface area contributed by atoms with Crippen LogP contribution < -0.4 is 5.32 Å². The number of nitrogens with one attached hydrogen (secondary N) is 1. The van der Waals surface area contributed by atoms with Gasteiger partial charge in [-0.25, -0.2) is 0 Å². The van der Waals surface area contributed by atoms with Crippen molar-refractivity contribution < 1.29 is 22.7 Å². The summed E-state index contributed by atoms with van der Waals surface area (Å²) in [5, 5.41) is 2.90. The summed E-state index contributed by atoms with van der Waals surface area (Å²) < 4.78 is 44.0. The second kappa shape index (κ2) is 7.74. The quantitative estimate of drug-likeness (QED) is 0.894. The van der Waals surface area contributed by atoms with E-state index in [-0.39, 0.29) is 18.1 Å². The van der Waals surface area contributed by atoms with Crippen LogP contribution in [0.2, 0.25) is 0 Å².